The molecule has 116 valence electrons. The molecule has 0 bridgehead atoms. The molecule has 0 aromatic heterocycles. The Hall–Kier alpha value is -1.23. The second kappa shape index (κ2) is 6.97. The molecule has 0 aromatic carbocycles. The molecule has 0 aliphatic carbocycles. The number of aliphatic hydroxyl groups is 1. The zero-order chi connectivity index (χ0) is 15.3. The number of nitrogens with one attached hydrogen (secondary N) is 1. The third-order valence-corrected chi connectivity index (χ3v) is 4.63. The second-order valence-corrected chi connectivity index (χ2v) is 6.12. The third kappa shape index (κ3) is 4.13. The Bertz CT molecular complexity index is 464. The summed E-state index contributed by atoms with van der Waals surface area (Å²) >= 11 is 0. The normalized spacial score (nSPS) is 22.2. The van der Waals surface area contributed by atoms with Gasteiger partial charge in [-0.05, 0) is 12.8 Å². The highest BCUT2D eigenvalue weighted by Crippen LogP contribution is 2.18. The van der Waals surface area contributed by atoms with Crippen molar-refractivity contribution in [2.45, 2.75) is 18.9 Å². The third-order valence-electron chi connectivity index (χ3n) is 3.03. The fourth-order valence-electron chi connectivity index (χ4n) is 1.92. The van der Waals surface area contributed by atoms with E-state index in [0.29, 0.717) is 12.8 Å². The Labute approximate surface area is 116 Å². The Morgan fingerprint density at radius 2 is 2.15 bits per heavy atom. The lowest BCUT2D eigenvalue weighted by molar-refractivity contribution is -0.144. The van der Waals surface area contributed by atoms with Crippen molar-refractivity contribution >= 4 is 22.1 Å². The lowest BCUT2D eigenvalue weighted by Gasteiger charge is -2.30. The van der Waals surface area contributed by atoms with E-state index in [1.54, 1.807) is 0 Å². The number of aliphatic carboxylic acids is 1. The molecule has 0 spiro atoms. The predicted molar refractivity (Wildman–Crippen MR) is 66.9 cm³/mol. The molecular formula is C10H18N2O7S. The van der Waals surface area contributed by atoms with Gasteiger partial charge in [0.1, 0.15) is 6.04 Å². The number of carbonyl (C=O) groups is 2. The highest BCUT2D eigenvalue weighted by molar-refractivity contribution is 7.87. The Morgan fingerprint density at radius 1 is 1.50 bits per heavy atom. The molecular weight excluding hydrogens is 292 g/mol. The minimum absolute atomic E-state index is 0.163. The first-order valence-electron chi connectivity index (χ1n) is 6.00. The topological polar surface area (TPSA) is 133 Å². The van der Waals surface area contributed by atoms with Crippen molar-refractivity contribution in [3.8, 4) is 0 Å². The van der Waals surface area contributed by atoms with E-state index in [1.807, 2.05) is 4.72 Å². The van der Waals surface area contributed by atoms with Gasteiger partial charge in [-0.1, -0.05) is 0 Å². The molecule has 9 nitrogen and oxygen atoms in total. The number of rotatable bonds is 6. The van der Waals surface area contributed by atoms with Gasteiger partial charge in [0.2, 0.25) is 0 Å². The molecule has 0 aromatic rings. The molecule has 2 unspecified atom stereocenters. The first kappa shape index (κ1) is 16.8. The van der Waals surface area contributed by atoms with Crippen molar-refractivity contribution in [2.75, 3.05) is 26.8 Å². The first-order valence-corrected chi connectivity index (χ1v) is 7.44. The largest absolute Gasteiger partial charge is 0.481 e. The Kier molecular flexibility index (Phi) is 5.87. The van der Waals surface area contributed by atoms with E-state index in [-0.39, 0.29) is 13.1 Å². The van der Waals surface area contributed by atoms with Crippen molar-refractivity contribution in [1.29, 1.82) is 0 Å². The summed E-state index contributed by atoms with van der Waals surface area (Å²) in [6.45, 7) is -0.746. The minimum atomic E-state index is -4.06. The summed E-state index contributed by atoms with van der Waals surface area (Å²) in [5, 5.41) is 17.9. The molecule has 1 aliphatic rings. The van der Waals surface area contributed by atoms with Crippen LogP contribution in [0.5, 0.6) is 0 Å². The summed E-state index contributed by atoms with van der Waals surface area (Å²) in [4.78, 5) is 22.2. The molecule has 2 atom stereocenters. The Morgan fingerprint density at radius 3 is 2.65 bits per heavy atom. The molecule has 1 saturated heterocycles. The highest BCUT2D eigenvalue weighted by Gasteiger charge is 2.34. The number of esters is 1. The van der Waals surface area contributed by atoms with E-state index in [9.17, 15) is 18.0 Å². The molecule has 0 amide bonds. The van der Waals surface area contributed by atoms with Gasteiger partial charge in [-0.3, -0.25) is 9.59 Å². The fraction of sp³-hybridized carbons (Fsp3) is 0.800. The molecule has 0 radical (unpaired) electrons. The molecule has 1 aliphatic heterocycles. The van der Waals surface area contributed by atoms with Crippen LogP contribution in [0.1, 0.15) is 12.8 Å². The number of nitrogens with zero attached hydrogens (tertiary/aromatic N) is 1. The van der Waals surface area contributed by atoms with E-state index in [2.05, 4.69) is 4.74 Å². The molecule has 20 heavy (non-hydrogen) atoms. The van der Waals surface area contributed by atoms with Crippen molar-refractivity contribution < 1.29 is 33.0 Å². The number of carboxylic acid groups (broad SMARTS) is 1. The van der Waals surface area contributed by atoms with E-state index in [4.69, 9.17) is 10.2 Å². The number of ether oxygens (including phenoxy) is 1. The summed E-state index contributed by atoms with van der Waals surface area (Å²) in [7, 11) is -2.99. The van der Waals surface area contributed by atoms with Gasteiger partial charge in [0, 0.05) is 13.1 Å². The summed E-state index contributed by atoms with van der Waals surface area (Å²) in [6.07, 6.45) is 0.821. The van der Waals surface area contributed by atoms with E-state index in [0.717, 1.165) is 11.4 Å². The van der Waals surface area contributed by atoms with Gasteiger partial charge in [-0.25, -0.2) is 0 Å². The van der Waals surface area contributed by atoms with E-state index >= 15 is 0 Å². The summed E-state index contributed by atoms with van der Waals surface area (Å²) in [5.74, 6) is -2.74. The van der Waals surface area contributed by atoms with Crippen molar-refractivity contribution in [2.24, 2.45) is 5.92 Å². The van der Waals surface area contributed by atoms with Crippen LogP contribution in [0.15, 0.2) is 0 Å². The van der Waals surface area contributed by atoms with Gasteiger partial charge < -0.3 is 14.9 Å². The van der Waals surface area contributed by atoms with Gasteiger partial charge >= 0.3 is 11.9 Å². The van der Waals surface area contributed by atoms with E-state index < -0.39 is 40.7 Å². The maximum Gasteiger partial charge on any atom is 0.326 e. The molecule has 1 fully saturated rings. The van der Waals surface area contributed by atoms with Crippen LogP contribution in [-0.4, -0.2) is 67.7 Å². The van der Waals surface area contributed by atoms with Crippen LogP contribution in [-0.2, 0) is 24.5 Å². The van der Waals surface area contributed by atoms with Gasteiger partial charge in [0.25, 0.3) is 10.2 Å². The number of hydrogen-bond donors (Lipinski definition) is 3. The van der Waals surface area contributed by atoms with Gasteiger partial charge in [0.15, 0.2) is 0 Å². The minimum Gasteiger partial charge on any atom is -0.481 e. The van der Waals surface area contributed by atoms with Gasteiger partial charge in [-0.15, -0.1) is 0 Å². The average molecular weight is 310 g/mol. The number of piperidine rings is 1. The van der Waals surface area contributed by atoms with Crippen LogP contribution in [0.3, 0.4) is 0 Å². The smallest absolute Gasteiger partial charge is 0.326 e. The quantitative estimate of drug-likeness (QED) is 0.490. The summed E-state index contributed by atoms with van der Waals surface area (Å²) in [6, 6.07) is -1.41. The van der Waals surface area contributed by atoms with Crippen molar-refractivity contribution in [3.05, 3.63) is 0 Å². The molecule has 10 heteroatoms. The number of hydrogen-bond acceptors (Lipinski definition) is 6. The number of methoxy groups -OCH3 is 1. The number of carbonyl (C=O) groups excluding carboxylic acids is 1. The maximum absolute atomic E-state index is 12.0. The number of carboxylic acids is 1. The van der Waals surface area contributed by atoms with Crippen LogP contribution in [0.4, 0.5) is 0 Å². The van der Waals surface area contributed by atoms with Crippen LogP contribution >= 0.6 is 0 Å². The zero-order valence-corrected chi connectivity index (χ0v) is 11.8. The SMILES string of the molecule is COC(=O)C(CO)NS(=O)(=O)N1CCCC(C(=O)O)C1. The summed E-state index contributed by atoms with van der Waals surface area (Å²) < 4.78 is 31.4. The Balaban J connectivity index is 2.77. The lowest BCUT2D eigenvalue weighted by Crippen LogP contribution is -2.53. The van der Waals surface area contributed by atoms with Crippen LogP contribution in [0.2, 0.25) is 0 Å². The van der Waals surface area contributed by atoms with Gasteiger partial charge in [0.05, 0.1) is 19.6 Å². The van der Waals surface area contributed by atoms with Crippen LogP contribution in [0.25, 0.3) is 0 Å². The average Bonchev–Trinajstić information content (AvgIpc) is 2.44. The van der Waals surface area contributed by atoms with Crippen LogP contribution < -0.4 is 4.72 Å². The van der Waals surface area contributed by atoms with Crippen molar-refractivity contribution in [3.63, 3.8) is 0 Å². The molecule has 3 N–H and O–H groups in total. The van der Waals surface area contributed by atoms with E-state index in [1.165, 1.54) is 0 Å². The first-order chi connectivity index (χ1) is 9.31. The number of aliphatic hydroxyl groups excluding tert-OH is 1. The van der Waals surface area contributed by atoms with Crippen LogP contribution in [0, 0.1) is 5.92 Å². The predicted octanol–water partition coefficient (Wildman–Crippen LogP) is -1.85. The zero-order valence-electron chi connectivity index (χ0n) is 11.0. The fourth-order valence-corrected chi connectivity index (χ4v) is 3.34. The monoisotopic (exact) mass is 310 g/mol. The maximum atomic E-state index is 12.0. The van der Waals surface area contributed by atoms with Gasteiger partial charge in [-0.2, -0.15) is 17.4 Å². The second-order valence-electron chi connectivity index (χ2n) is 4.42. The molecule has 0 saturated carbocycles. The lowest BCUT2D eigenvalue weighted by atomic mass is 10.0. The molecule has 1 heterocycles. The summed E-state index contributed by atoms with van der Waals surface area (Å²) in [5.41, 5.74) is 0. The highest BCUT2D eigenvalue weighted by atomic mass is 32.2. The van der Waals surface area contributed by atoms with Crippen molar-refractivity contribution in [1.82, 2.24) is 9.03 Å². The molecule has 1 rings (SSSR count). The standard InChI is InChI=1S/C10H18N2O7S/c1-19-10(16)8(6-13)11-20(17,18)12-4-2-3-7(5-12)9(14)15/h7-8,11,13H,2-6H2,1H3,(H,14,15).